The molecule has 0 aromatic heterocycles. The third-order valence-electron chi connectivity index (χ3n) is 6.03. The zero-order valence-corrected chi connectivity index (χ0v) is 13.7. The van der Waals surface area contributed by atoms with E-state index in [-0.39, 0.29) is 0 Å². The lowest BCUT2D eigenvalue weighted by molar-refractivity contribution is 0.0625. The summed E-state index contributed by atoms with van der Waals surface area (Å²) in [7, 11) is 2.16. The molecule has 3 atom stereocenters. The molecule has 0 radical (unpaired) electrons. The summed E-state index contributed by atoms with van der Waals surface area (Å²) >= 11 is 0. The Morgan fingerprint density at radius 1 is 1.00 bits per heavy atom. The van der Waals surface area contributed by atoms with E-state index in [1.54, 1.807) is 0 Å². The highest BCUT2D eigenvalue weighted by Gasteiger charge is 2.39. The molecule has 1 saturated carbocycles. The van der Waals surface area contributed by atoms with Crippen LogP contribution in [0.2, 0.25) is 0 Å². The summed E-state index contributed by atoms with van der Waals surface area (Å²) in [5, 5.41) is 3.61. The molecule has 3 nitrogen and oxygen atoms in total. The van der Waals surface area contributed by atoms with Crippen LogP contribution in [-0.4, -0.2) is 61.2 Å². The number of nitrogens with one attached hydrogen (secondary N) is 1. The predicted octanol–water partition coefficient (Wildman–Crippen LogP) is 2.32. The largest absolute Gasteiger partial charge is 0.315 e. The van der Waals surface area contributed by atoms with Gasteiger partial charge in [0.2, 0.25) is 0 Å². The van der Waals surface area contributed by atoms with Gasteiger partial charge in [-0.05, 0) is 70.6 Å². The van der Waals surface area contributed by atoms with Crippen LogP contribution >= 0.6 is 0 Å². The van der Waals surface area contributed by atoms with E-state index in [1.807, 2.05) is 0 Å². The fraction of sp³-hybridized carbons (Fsp3) is 1.00. The Morgan fingerprint density at radius 2 is 1.75 bits per heavy atom. The SMILES string of the molecule is CNC1CCC(C)(C)CC1N1CCCN2CCCC2C1. The van der Waals surface area contributed by atoms with Crippen LogP contribution in [0, 0.1) is 5.41 Å². The van der Waals surface area contributed by atoms with Crippen LogP contribution < -0.4 is 5.32 Å². The average molecular weight is 279 g/mol. The highest BCUT2D eigenvalue weighted by Crippen LogP contribution is 2.38. The van der Waals surface area contributed by atoms with Gasteiger partial charge in [0.1, 0.15) is 0 Å². The molecule has 2 heterocycles. The van der Waals surface area contributed by atoms with Gasteiger partial charge >= 0.3 is 0 Å². The monoisotopic (exact) mass is 279 g/mol. The number of hydrogen-bond donors (Lipinski definition) is 1. The zero-order chi connectivity index (χ0) is 14.2. The normalized spacial score (nSPS) is 39.5. The Morgan fingerprint density at radius 3 is 2.55 bits per heavy atom. The summed E-state index contributed by atoms with van der Waals surface area (Å²) in [4.78, 5) is 5.60. The van der Waals surface area contributed by atoms with Crippen molar-refractivity contribution in [2.75, 3.05) is 33.2 Å². The van der Waals surface area contributed by atoms with E-state index < -0.39 is 0 Å². The maximum Gasteiger partial charge on any atom is 0.0254 e. The van der Waals surface area contributed by atoms with Gasteiger partial charge in [0.25, 0.3) is 0 Å². The minimum atomic E-state index is 0.527. The highest BCUT2D eigenvalue weighted by atomic mass is 15.3. The first-order chi connectivity index (χ1) is 9.59. The van der Waals surface area contributed by atoms with Crippen LogP contribution in [0.5, 0.6) is 0 Å². The summed E-state index contributed by atoms with van der Waals surface area (Å²) in [5.74, 6) is 0. The maximum absolute atomic E-state index is 3.61. The third kappa shape index (κ3) is 3.05. The van der Waals surface area contributed by atoms with Gasteiger partial charge in [-0.25, -0.2) is 0 Å². The van der Waals surface area contributed by atoms with Gasteiger partial charge in [0.05, 0.1) is 0 Å². The van der Waals surface area contributed by atoms with Gasteiger partial charge in [-0.1, -0.05) is 13.8 Å². The van der Waals surface area contributed by atoms with Crippen molar-refractivity contribution in [2.24, 2.45) is 5.41 Å². The maximum atomic E-state index is 3.61. The fourth-order valence-electron chi connectivity index (χ4n) is 4.81. The van der Waals surface area contributed by atoms with Crippen LogP contribution in [0.25, 0.3) is 0 Å². The van der Waals surface area contributed by atoms with Gasteiger partial charge in [-0.2, -0.15) is 0 Å². The molecule has 3 aliphatic rings. The van der Waals surface area contributed by atoms with Crippen LogP contribution in [0.1, 0.15) is 52.4 Å². The fourth-order valence-corrected chi connectivity index (χ4v) is 4.81. The van der Waals surface area contributed by atoms with Crippen molar-refractivity contribution in [1.82, 2.24) is 15.1 Å². The Balaban J connectivity index is 1.71. The predicted molar refractivity (Wildman–Crippen MR) is 85.1 cm³/mol. The van der Waals surface area contributed by atoms with Gasteiger partial charge in [-0.15, -0.1) is 0 Å². The molecule has 116 valence electrons. The quantitative estimate of drug-likeness (QED) is 0.837. The standard InChI is InChI=1S/C17H33N3/c1-17(2)8-7-15(18-3)16(12-17)20-11-5-10-19-9-4-6-14(19)13-20/h14-16,18H,4-13H2,1-3H3. The lowest BCUT2D eigenvalue weighted by Gasteiger charge is -2.46. The van der Waals surface area contributed by atoms with E-state index in [0.717, 1.165) is 12.1 Å². The number of rotatable bonds is 2. The average Bonchev–Trinajstić information content (AvgIpc) is 2.75. The number of nitrogens with zero attached hydrogens (tertiary/aromatic N) is 2. The van der Waals surface area contributed by atoms with Crippen molar-refractivity contribution in [3.05, 3.63) is 0 Å². The Bertz CT molecular complexity index is 328. The van der Waals surface area contributed by atoms with Crippen LogP contribution in [0.3, 0.4) is 0 Å². The number of fused-ring (bicyclic) bond motifs is 1. The van der Waals surface area contributed by atoms with E-state index in [1.165, 1.54) is 64.7 Å². The lowest BCUT2D eigenvalue weighted by atomic mass is 9.72. The molecular formula is C17H33N3. The summed E-state index contributed by atoms with van der Waals surface area (Å²) < 4.78 is 0. The van der Waals surface area contributed by atoms with Crippen molar-refractivity contribution < 1.29 is 0 Å². The van der Waals surface area contributed by atoms with Crippen molar-refractivity contribution in [3.8, 4) is 0 Å². The first-order valence-corrected chi connectivity index (χ1v) is 8.74. The van der Waals surface area contributed by atoms with E-state index in [2.05, 4.69) is 36.0 Å². The van der Waals surface area contributed by atoms with Gasteiger partial charge in [-0.3, -0.25) is 9.80 Å². The van der Waals surface area contributed by atoms with E-state index in [9.17, 15) is 0 Å². The van der Waals surface area contributed by atoms with Crippen molar-refractivity contribution >= 4 is 0 Å². The molecule has 3 rings (SSSR count). The molecule has 2 aliphatic heterocycles. The Kier molecular flexibility index (Phi) is 4.40. The lowest BCUT2D eigenvalue weighted by Crippen LogP contribution is -2.55. The van der Waals surface area contributed by atoms with Crippen molar-refractivity contribution in [1.29, 1.82) is 0 Å². The summed E-state index contributed by atoms with van der Waals surface area (Å²) in [6.07, 6.45) is 8.30. The van der Waals surface area contributed by atoms with Gasteiger partial charge < -0.3 is 5.32 Å². The smallest absolute Gasteiger partial charge is 0.0254 e. The molecule has 0 aromatic carbocycles. The molecule has 1 aliphatic carbocycles. The summed E-state index contributed by atoms with van der Waals surface area (Å²) in [6, 6.07) is 2.31. The van der Waals surface area contributed by atoms with Crippen LogP contribution in [0.4, 0.5) is 0 Å². The second-order valence-corrected chi connectivity index (χ2v) is 8.05. The molecule has 0 spiro atoms. The van der Waals surface area contributed by atoms with E-state index in [4.69, 9.17) is 0 Å². The number of likely N-dealkylation sites (N-methyl/N-ethyl adjacent to an activating group) is 1. The highest BCUT2D eigenvalue weighted by molar-refractivity contribution is 4.96. The Labute approximate surface area is 125 Å². The zero-order valence-electron chi connectivity index (χ0n) is 13.7. The van der Waals surface area contributed by atoms with Gasteiger partial charge in [0.15, 0.2) is 0 Å². The second-order valence-electron chi connectivity index (χ2n) is 8.05. The first-order valence-electron chi connectivity index (χ1n) is 8.74. The van der Waals surface area contributed by atoms with E-state index in [0.29, 0.717) is 11.5 Å². The van der Waals surface area contributed by atoms with Gasteiger partial charge in [0, 0.05) is 24.7 Å². The topological polar surface area (TPSA) is 18.5 Å². The molecule has 0 bridgehead atoms. The summed E-state index contributed by atoms with van der Waals surface area (Å²) in [5.41, 5.74) is 0.527. The molecule has 3 fully saturated rings. The summed E-state index contributed by atoms with van der Waals surface area (Å²) in [6.45, 7) is 10.2. The minimum absolute atomic E-state index is 0.527. The van der Waals surface area contributed by atoms with Crippen LogP contribution in [-0.2, 0) is 0 Å². The second kappa shape index (κ2) is 5.94. The molecule has 0 amide bonds. The third-order valence-corrected chi connectivity index (χ3v) is 6.03. The molecule has 2 saturated heterocycles. The van der Waals surface area contributed by atoms with E-state index >= 15 is 0 Å². The minimum Gasteiger partial charge on any atom is -0.315 e. The Hall–Kier alpha value is -0.120. The number of hydrogen-bond acceptors (Lipinski definition) is 3. The van der Waals surface area contributed by atoms with Crippen molar-refractivity contribution in [3.63, 3.8) is 0 Å². The molecule has 1 N–H and O–H groups in total. The molecule has 3 heteroatoms. The molecule has 3 unspecified atom stereocenters. The van der Waals surface area contributed by atoms with Crippen molar-refractivity contribution in [2.45, 2.75) is 70.5 Å². The molecular weight excluding hydrogens is 246 g/mol. The van der Waals surface area contributed by atoms with Crippen LogP contribution in [0.15, 0.2) is 0 Å². The first kappa shape index (κ1) is 14.8. The molecule has 20 heavy (non-hydrogen) atoms. The molecule has 0 aromatic rings.